The highest BCUT2D eigenvalue weighted by atomic mass is 16.5. The van der Waals surface area contributed by atoms with E-state index in [0.29, 0.717) is 19.2 Å². The van der Waals surface area contributed by atoms with E-state index in [1.807, 2.05) is 37.3 Å². The predicted molar refractivity (Wildman–Crippen MR) is 145 cm³/mol. The topological polar surface area (TPSA) is 88.9 Å². The number of H-pyrrole nitrogens is 1. The van der Waals surface area contributed by atoms with Gasteiger partial charge in [-0.1, -0.05) is 50.1 Å². The van der Waals surface area contributed by atoms with E-state index in [1.165, 1.54) is 18.4 Å². The molecule has 2 aromatic heterocycles. The number of hydrogen-bond donors (Lipinski definition) is 1. The summed E-state index contributed by atoms with van der Waals surface area (Å²) in [5.74, 6) is 1.70. The number of hydrogen-bond acceptors (Lipinski definition) is 6. The molecule has 2 heterocycles. The van der Waals surface area contributed by atoms with Crippen LogP contribution in [0.4, 0.5) is 0 Å². The van der Waals surface area contributed by atoms with E-state index in [9.17, 15) is 4.79 Å². The first-order chi connectivity index (χ1) is 18.2. The van der Waals surface area contributed by atoms with Crippen LogP contribution in [0.5, 0.6) is 5.75 Å². The van der Waals surface area contributed by atoms with Gasteiger partial charge in [0.1, 0.15) is 5.75 Å². The number of aromatic amines is 1. The summed E-state index contributed by atoms with van der Waals surface area (Å²) < 4.78 is 7.74. The highest BCUT2D eigenvalue weighted by Crippen LogP contribution is 2.33. The van der Waals surface area contributed by atoms with E-state index in [4.69, 9.17) is 4.74 Å². The molecule has 1 N–H and O–H groups in total. The van der Waals surface area contributed by atoms with Crippen LogP contribution in [0.3, 0.4) is 0 Å². The third-order valence-corrected chi connectivity index (χ3v) is 7.42. The maximum atomic E-state index is 13.2. The zero-order valence-electron chi connectivity index (χ0n) is 21.8. The molecule has 1 aliphatic rings. The Balaban J connectivity index is 1.48. The van der Waals surface area contributed by atoms with Crippen molar-refractivity contribution in [3.63, 3.8) is 0 Å². The van der Waals surface area contributed by atoms with Crippen molar-refractivity contribution in [3.8, 4) is 5.75 Å². The summed E-state index contributed by atoms with van der Waals surface area (Å²) in [7, 11) is 0. The molecule has 0 aliphatic heterocycles. The van der Waals surface area contributed by atoms with Gasteiger partial charge in [-0.15, -0.1) is 5.10 Å². The van der Waals surface area contributed by atoms with Gasteiger partial charge < -0.3 is 9.72 Å². The molecule has 0 amide bonds. The number of rotatable bonds is 11. The van der Waals surface area contributed by atoms with E-state index < -0.39 is 0 Å². The lowest BCUT2D eigenvalue weighted by molar-refractivity contribution is 0.169. The van der Waals surface area contributed by atoms with Gasteiger partial charge in [0.05, 0.1) is 18.7 Å². The van der Waals surface area contributed by atoms with Crippen molar-refractivity contribution < 1.29 is 4.74 Å². The van der Waals surface area contributed by atoms with Gasteiger partial charge in [-0.2, -0.15) is 0 Å². The Morgan fingerprint density at radius 2 is 1.92 bits per heavy atom. The Hall–Kier alpha value is -3.52. The van der Waals surface area contributed by atoms with E-state index >= 15 is 0 Å². The molecule has 0 saturated heterocycles. The number of nitrogens with zero attached hydrogens (tertiary/aromatic N) is 5. The molecule has 8 heteroatoms. The smallest absolute Gasteiger partial charge is 0.252 e. The summed E-state index contributed by atoms with van der Waals surface area (Å²) >= 11 is 0. The molecule has 4 aromatic rings. The standard InChI is InChI=1S/C29H36N6O2/c1-3-27(28-31-32-33-35(28)24-12-8-9-13-24)34(17-16-21-10-6-5-7-11-21)20-23-18-22-19-25(37-4-2)14-15-26(22)30-29(23)36/h5-7,10-11,14-15,18-19,24,27H,3-4,8-9,12-13,16-17,20H2,1-2H3,(H,30,36). The lowest BCUT2D eigenvalue weighted by Gasteiger charge is -2.31. The number of benzene rings is 2. The molecule has 5 rings (SSSR count). The normalized spacial score (nSPS) is 15.0. The van der Waals surface area contributed by atoms with Crippen LogP contribution in [0, 0.1) is 0 Å². The van der Waals surface area contributed by atoms with Gasteiger partial charge in [-0.25, -0.2) is 4.68 Å². The third kappa shape index (κ3) is 5.74. The van der Waals surface area contributed by atoms with E-state index in [0.717, 1.165) is 60.3 Å². The fourth-order valence-corrected chi connectivity index (χ4v) is 5.52. The molecule has 194 valence electrons. The van der Waals surface area contributed by atoms with Gasteiger partial charge in [-0.3, -0.25) is 9.69 Å². The van der Waals surface area contributed by atoms with Gasteiger partial charge in [0.2, 0.25) is 0 Å². The highest BCUT2D eigenvalue weighted by molar-refractivity contribution is 5.80. The molecule has 0 bridgehead atoms. The molecule has 1 unspecified atom stereocenters. The van der Waals surface area contributed by atoms with Crippen LogP contribution >= 0.6 is 0 Å². The Morgan fingerprint density at radius 3 is 2.68 bits per heavy atom. The number of ether oxygens (including phenoxy) is 1. The first-order valence-electron chi connectivity index (χ1n) is 13.5. The van der Waals surface area contributed by atoms with Crippen molar-refractivity contribution in [2.45, 2.75) is 71.0 Å². The summed E-state index contributed by atoms with van der Waals surface area (Å²) in [6, 6.07) is 18.6. The van der Waals surface area contributed by atoms with Crippen LogP contribution in [0.2, 0.25) is 0 Å². The Kier molecular flexibility index (Phi) is 7.94. The molecule has 37 heavy (non-hydrogen) atoms. The third-order valence-electron chi connectivity index (χ3n) is 7.42. The van der Waals surface area contributed by atoms with Crippen molar-refractivity contribution in [1.82, 2.24) is 30.1 Å². The average Bonchev–Trinajstić information content (AvgIpc) is 3.61. The molecule has 2 aromatic carbocycles. The van der Waals surface area contributed by atoms with Gasteiger partial charge in [0.15, 0.2) is 5.82 Å². The summed E-state index contributed by atoms with van der Waals surface area (Å²) in [6.45, 7) is 6.04. The average molecular weight is 501 g/mol. The summed E-state index contributed by atoms with van der Waals surface area (Å²) in [5, 5.41) is 14.0. The van der Waals surface area contributed by atoms with Crippen molar-refractivity contribution in [1.29, 1.82) is 0 Å². The number of tetrazole rings is 1. The fourth-order valence-electron chi connectivity index (χ4n) is 5.52. The van der Waals surface area contributed by atoms with Gasteiger partial charge in [-0.05, 0) is 72.9 Å². The molecule has 0 spiro atoms. The van der Waals surface area contributed by atoms with Crippen LogP contribution in [0.25, 0.3) is 10.9 Å². The van der Waals surface area contributed by atoms with E-state index in [-0.39, 0.29) is 11.6 Å². The lowest BCUT2D eigenvalue weighted by atomic mass is 10.1. The molecule has 1 fully saturated rings. The van der Waals surface area contributed by atoms with Crippen LogP contribution < -0.4 is 10.3 Å². The molecule has 1 saturated carbocycles. The summed E-state index contributed by atoms with van der Waals surface area (Å²) in [4.78, 5) is 18.6. The second-order valence-electron chi connectivity index (χ2n) is 9.86. The zero-order chi connectivity index (χ0) is 25.6. The van der Waals surface area contributed by atoms with Gasteiger partial charge >= 0.3 is 0 Å². The lowest BCUT2D eigenvalue weighted by Crippen LogP contribution is -2.34. The monoisotopic (exact) mass is 500 g/mol. The quantitative estimate of drug-likeness (QED) is 0.304. The van der Waals surface area contributed by atoms with Crippen molar-refractivity contribution in [2.75, 3.05) is 13.2 Å². The van der Waals surface area contributed by atoms with Crippen LogP contribution in [-0.2, 0) is 13.0 Å². The number of nitrogens with one attached hydrogen (secondary N) is 1. The largest absolute Gasteiger partial charge is 0.494 e. The summed E-state index contributed by atoms with van der Waals surface area (Å²) in [6.07, 6.45) is 6.39. The molecule has 1 aliphatic carbocycles. The van der Waals surface area contributed by atoms with Crippen LogP contribution in [0.15, 0.2) is 59.4 Å². The second-order valence-corrected chi connectivity index (χ2v) is 9.86. The van der Waals surface area contributed by atoms with Gasteiger partial charge in [0.25, 0.3) is 5.56 Å². The minimum absolute atomic E-state index is 0.00386. The Morgan fingerprint density at radius 1 is 1.11 bits per heavy atom. The van der Waals surface area contributed by atoms with Gasteiger partial charge in [0, 0.05) is 29.6 Å². The summed E-state index contributed by atoms with van der Waals surface area (Å²) in [5.41, 5.74) is 2.75. The first-order valence-corrected chi connectivity index (χ1v) is 13.5. The van der Waals surface area contributed by atoms with Crippen molar-refractivity contribution in [3.05, 3.63) is 81.9 Å². The fraction of sp³-hybridized carbons (Fsp3) is 0.448. The van der Waals surface area contributed by atoms with E-state index in [2.05, 4.69) is 61.3 Å². The first kappa shape index (κ1) is 25.1. The number of pyridine rings is 1. The molecule has 0 radical (unpaired) electrons. The maximum Gasteiger partial charge on any atom is 0.252 e. The van der Waals surface area contributed by atoms with E-state index in [1.54, 1.807) is 0 Å². The SMILES string of the molecule is CCOc1ccc2[nH]c(=O)c(CN(CCc3ccccc3)C(CC)c3nnnn3C3CCCC3)cc2c1. The molecular weight excluding hydrogens is 464 g/mol. The molecular formula is C29H36N6O2. The minimum atomic E-state index is -0.0633. The Bertz CT molecular complexity index is 1360. The van der Waals surface area contributed by atoms with Crippen molar-refractivity contribution in [2.24, 2.45) is 0 Å². The maximum absolute atomic E-state index is 13.2. The minimum Gasteiger partial charge on any atom is -0.494 e. The number of aromatic nitrogens is 5. The molecule has 8 nitrogen and oxygen atoms in total. The predicted octanol–water partition coefficient (Wildman–Crippen LogP) is 5.22. The van der Waals surface area contributed by atoms with Crippen LogP contribution in [0.1, 0.15) is 75.0 Å². The molecule has 1 atom stereocenters. The number of fused-ring (bicyclic) bond motifs is 1. The Labute approximate surface area is 217 Å². The second kappa shape index (κ2) is 11.7. The van der Waals surface area contributed by atoms with Crippen molar-refractivity contribution >= 4 is 10.9 Å². The van der Waals surface area contributed by atoms with Crippen LogP contribution in [-0.4, -0.2) is 43.2 Å². The zero-order valence-corrected chi connectivity index (χ0v) is 21.8. The highest BCUT2D eigenvalue weighted by Gasteiger charge is 2.29.